The first-order chi connectivity index (χ1) is 18.1. The number of hydrogen-bond donors (Lipinski definition) is 2. The van der Waals surface area contributed by atoms with Gasteiger partial charge in [0, 0.05) is 22.3 Å². The van der Waals surface area contributed by atoms with E-state index in [0.717, 1.165) is 24.4 Å². The molecule has 2 aromatic carbocycles. The van der Waals surface area contributed by atoms with E-state index in [1.165, 1.54) is 29.5 Å². The van der Waals surface area contributed by atoms with Crippen LogP contribution in [-0.2, 0) is 19.7 Å². The highest BCUT2D eigenvalue weighted by atomic mass is 32.1. The fourth-order valence-corrected chi connectivity index (χ4v) is 5.35. The van der Waals surface area contributed by atoms with E-state index in [1.807, 2.05) is 26.0 Å². The summed E-state index contributed by atoms with van der Waals surface area (Å²) in [6.07, 6.45) is 4.43. The van der Waals surface area contributed by atoms with Gasteiger partial charge in [-0.1, -0.05) is 70.7 Å². The molecule has 4 unspecified atom stereocenters. The van der Waals surface area contributed by atoms with Crippen LogP contribution >= 0.6 is 25.3 Å². The second-order valence-corrected chi connectivity index (χ2v) is 12.8. The molecule has 0 heterocycles. The average Bonchev–Trinajstić information content (AvgIpc) is 2.83. The maximum atomic E-state index is 11.8. The lowest BCUT2D eigenvalue weighted by Gasteiger charge is -2.37. The zero-order chi connectivity index (χ0) is 27.7. The second-order valence-electron chi connectivity index (χ2n) is 11.1. The highest BCUT2D eigenvalue weighted by molar-refractivity contribution is 7.81. The van der Waals surface area contributed by atoms with Gasteiger partial charge in [0.05, 0.1) is 18.8 Å². The largest absolute Gasteiger partial charge is 0.495 e. The van der Waals surface area contributed by atoms with Crippen LogP contribution in [0, 0.1) is 5.92 Å². The SMILES string of the molecule is C=C(CC(C)S)OCCOc1ccc(C(C)(C)c2ccc(C3CCC3CCOC(=O)CC(C)S)cc2)cc1. The number of thiol groups is 2. The molecule has 3 rings (SSSR count). The molecule has 0 spiro atoms. The Morgan fingerprint density at radius 3 is 2.05 bits per heavy atom. The molecular formula is C32H44O4S2. The number of benzene rings is 2. The number of allylic oxidation sites excluding steroid dienone is 1. The first-order valence-electron chi connectivity index (χ1n) is 13.7. The summed E-state index contributed by atoms with van der Waals surface area (Å²) in [5, 5.41) is 0.275. The lowest BCUT2D eigenvalue weighted by molar-refractivity contribution is -0.144. The Morgan fingerprint density at radius 1 is 0.895 bits per heavy atom. The van der Waals surface area contributed by atoms with Gasteiger partial charge in [0.2, 0.25) is 0 Å². The van der Waals surface area contributed by atoms with E-state index < -0.39 is 0 Å². The smallest absolute Gasteiger partial charge is 0.306 e. The van der Waals surface area contributed by atoms with Crippen molar-refractivity contribution in [3.63, 3.8) is 0 Å². The number of hydrogen-bond acceptors (Lipinski definition) is 6. The fourth-order valence-electron chi connectivity index (χ4n) is 4.99. The van der Waals surface area contributed by atoms with Gasteiger partial charge < -0.3 is 14.2 Å². The summed E-state index contributed by atoms with van der Waals surface area (Å²) in [4.78, 5) is 11.8. The van der Waals surface area contributed by atoms with Crippen LogP contribution in [0.25, 0.3) is 0 Å². The van der Waals surface area contributed by atoms with Crippen LogP contribution in [0.1, 0.15) is 82.4 Å². The van der Waals surface area contributed by atoms with Gasteiger partial charge in [-0.15, -0.1) is 0 Å². The first kappa shape index (κ1) is 30.5. The summed E-state index contributed by atoms with van der Waals surface area (Å²) in [7, 11) is 0. The van der Waals surface area contributed by atoms with Crippen molar-refractivity contribution < 1.29 is 19.0 Å². The Hall–Kier alpha value is -2.05. The highest BCUT2D eigenvalue weighted by Crippen LogP contribution is 2.45. The molecule has 4 nitrogen and oxygen atoms in total. The maximum absolute atomic E-state index is 11.8. The van der Waals surface area contributed by atoms with E-state index in [0.29, 0.717) is 38.1 Å². The van der Waals surface area contributed by atoms with E-state index in [4.69, 9.17) is 14.2 Å². The van der Waals surface area contributed by atoms with E-state index in [-0.39, 0.29) is 21.9 Å². The van der Waals surface area contributed by atoms with Gasteiger partial charge in [-0.05, 0) is 59.9 Å². The molecule has 0 aliphatic heterocycles. The molecule has 38 heavy (non-hydrogen) atoms. The number of carbonyl (C=O) groups excluding carboxylic acids is 1. The molecule has 6 heteroatoms. The van der Waals surface area contributed by atoms with E-state index in [1.54, 1.807) is 0 Å². The molecule has 208 valence electrons. The lowest BCUT2D eigenvalue weighted by Crippen LogP contribution is -2.26. The third-order valence-corrected chi connectivity index (χ3v) is 7.81. The van der Waals surface area contributed by atoms with Crippen LogP contribution < -0.4 is 4.74 Å². The molecule has 1 aliphatic rings. The van der Waals surface area contributed by atoms with Gasteiger partial charge >= 0.3 is 5.97 Å². The number of rotatable bonds is 15. The van der Waals surface area contributed by atoms with Crippen LogP contribution in [-0.4, -0.2) is 36.3 Å². The van der Waals surface area contributed by atoms with Crippen LogP contribution in [0.2, 0.25) is 0 Å². The minimum Gasteiger partial charge on any atom is -0.495 e. The molecule has 0 amide bonds. The summed E-state index contributed by atoms with van der Waals surface area (Å²) in [5.41, 5.74) is 3.78. The topological polar surface area (TPSA) is 44.8 Å². The highest BCUT2D eigenvalue weighted by Gasteiger charge is 2.32. The Balaban J connectivity index is 1.49. The number of esters is 1. The molecule has 1 saturated carbocycles. The molecular weight excluding hydrogens is 512 g/mol. The molecule has 0 bridgehead atoms. The van der Waals surface area contributed by atoms with Crippen molar-refractivity contribution in [3.05, 3.63) is 77.6 Å². The number of ether oxygens (including phenoxy) is 3. The van der Waals surface area contributed by atoms with Gasteiger partial charge in [0.15, 0.2) is 0 Å². The van der Waals surface area contributed by atoms with Gasteiger partial charge in [-0.3, -0.25) is 4.79 Å². The van der Waals surface area contributed by atoms with E-state index in [2.05, 4.69) is 82.1 Å². The molecule has 1 aliphatic carbocycles. The molecule has 0 saturated heterocycles. The Bertz CT molecular complexity index is 1030. The van der Waals surface area contributed by atoms with Crippen molar-refractivity contribution >= 4 is 31.2 Å². The Labute approximate surface area is 240 Å². The second kappa shape index (κ2) is 14.4. The van der Waals surface area contributed by atoms with Crippen LogP contribution in [0.3, 0.4) is 0 Å². The van der Waals surface area contributed by atoms with Gasteiger partial charge in [0.1, 0.15) is 19.0 Å². The quantitative estimate of drug-likeness (QED) is 0.102. The normalized spacial score (nSPS) is 18.7. The molecule has 1 fully saturated rings. The molecule has 0 aromatic heterocycles. The summed E-state index contributed by atoms with van der Waals surface area (Å²) in [6, 6.07) is 17.4. The molecule has 4 atom stereocenters. The van der Waals surface area contributed by atoms with E-state index >= 15 is 0 Å². The lowest BCUT2D eigenvalue weighted by atomic mass is 9.68. The summed E-state index contributed by atoms with van der Waals surface area (Å²) >= 11 is 8.62. The molecule has 0 radical (unpaired) electrons. The summed E-state index contributed by atoms with van der Waals surface area (Å²) < 4.78 is 16.9. The van der Waals surface area contributed by atoms with Gasteiger partial charge in [0.25, 0.3) is 0 Å². The predicted molar refractivity (Wildman–Crippen MR) is 163 cm³/mol. The third-order valence-electron chi connectivity index (χ3n) is 7.45. The maximum Gasteiger partial charge on any atom is 0.306 e. The van der Waals surface area contributed by atoms with Crippen LogP contribution in [0.5, 0.6) is 5.75 Å². The van der Waals surface area contributed by atoms with Crippen molar-refractivity contribution in [3.8, 4) is 5.75 Å². The van der Waals surface area contributed by atoms with Crippen LogP contribution in [0.15, 0.2) is 60.9 Å². The van der Waals surface area contributed by atoms with Crippen molar-refractivity contribution in [2.24, 2.45) is 5.92 Å². The van der Waals surface area contributed by atoms with Crippen molar-refractivity contribution in [2.45, 2.75) is 81.6 Å². The summed E-state index contributed by atoms with van der Waals surface area (Å²) in [5.74, 6) is 2.56. The fraction of sp³-hybridized carbons (Fsp3) is 0.531. The Kier molecular flexibility index (Phi) is 11.5. The zero-order valence-electron chi connectivity index (χ0n) is 23.3. The van der Waals surface area contributed by atoms with Crippen molar-refractivity contribution in [1.82, 2.24) is 0 Å². The van der Waals surface area contributed by atoms with Gasteiger partial charge in [-0.2, -0.15) is 25.3 Å². The first-order valence-corrected chi connectivity index (χ1v) is 14.8. The van der Waals surface area contributed by atoms with Crippen LogP contribution in [0.4, 0.5) is 0 Å². The summed E-state index contributed by atoms with van der Waals surface area (Å²) in [6.45, 7) is 13.8. The minimum absolute atomic E-state index is 0.0384. The average molecular weight is 557 g/mol. The van der Waals surface area contributed by atoms with Crippen molar-refractivity contribution in [2.75, 3.05) is 19.8 Å². The predicted octanol–water partition coefficient (Wildman–Crippen LogP) is 7.77. The van der Waals surface area contributed by atoms with Crippen molar-refractivity contribution in [1.29, 1.82) is 0 Å². The van der Waals surface area contributed by atoms with Gasteiger partial charge in [-0.25, -0.2) is 0 Å². The third kappa shape index (κ3) is 9.01. The zero-order valence-corrected chi connectivity index (χ0v) is 25.1. The standard InChI is InChI=1S/C32H44O4S2/c1-22(20-23(2)37)34-18-19-35-29-13-11-28(12-14-29)32(4,5)27-9-6-25(7-10-27)30-15-8-26(30)16-17-36-31(33)21-24(3)38/h6-7,9-14,23-24,26,30,37-38H,1,8,15-21H2,2-5H3. The molecule has 2 aromatic rings. The minimum atomic E-state index is -0.149. The monoisotopic (exact) mass is 556 g/mol. The van der Waals surface area contributed by atoms with E-state index in [9.17, 15) is 4.79 Å². The molecule has 0 N–H and O–H groups in total. The Morgan fingerprint density at radius 2 is 1.50 bits per heavy atom. The number of carbonyl (C=O) groups is 1.